The van der Waals surface area contributed by atoms with Gasteiger partial charge in [0.2, 0.25) is 0 Å². The van der Waals surface area contributed by atoms with Crippen LogP contribution in [0.4, 0.5) is 0 Å². The van der Waals surface area contributed by atoms with E-state index in [1.807, 2.05) is 45.3 Å². The van der Waals surface area contributed by atoms with Crippen molar-refractivity contribution in [2.24, 2.45) is 0 Å². The first-order valence-electron chi connectivity index (χ1n) is 8.30. The molecule has 0 aliphatic heterocycles. The van der Waals surface area contributed by atoms with Crippen molar-refractivity contribution in [1.82, 2.24) is 14.5 Å². The minimum absolute atomic E-state index is 0.0585. The maximum absolute atomic E-state index is 13.1. The Labute approximate surface area is 152 Å². The molecule has 130 valence electrons. The lowest BCUT2D eigenvalue weighted by Gasteiger charge is -2.23. The summed E-state index contributed by atoms with van der Waals surface area (Å²) < 4.78 is 1.76. The number of fused-ring (bicyclic) bond motifs is 1. The number of hydrogen-bond donors (Lipinski definition) is 0. The van der Waals surface area contributed by atoms with Crippen LogP contribution in [-0.2, 0) is 6.54 Å². The second-order valence-corrected chi connectivity index (χ2v) is 7.13. The maximum Gasteiger partial charge on any atom is 0.261 e. The Morgan fingerprint density at radius 3 is 2.48 bits per heavy atom. The molecule has 0 N–H and O–H groups in total. The molecule has 1 aromatic heterocycles. The van der Waals surface area contributed by atoms with Gasteiger partial charge in [0, 0.05) is 23.2 Å². The molecule has 2 aromatic carbocycles. The lowest BCUT2D eigenvalue weighted by Crippen LogP contribution is -2.35. The first kappa shape index (κ1) is 17.6. The highest BCUT2D eigenvalue weighted by Crippen LogP contribution is 2.22. The van der Waals surface area contributed by atoms with E-state index >= 15 is 0 Å². The highest BCUT2D eigenvalue weighted by atomic mass is 35.5. The Balaban J connectivity index is 2.27. The summed E-state index contributed by atoms with van der Waals surface area (Å²) in [7, 11) is 4.01. The minimum atomic E-state index is -0.0585. The zero-order valence-corrected chi connectivity index (χ0v) is 15.7. The van der Waals surface area contributed by atoms with Gasteiger partial charge in [0.1, 0.15) is 5.82 Å². The molecule has 3 aromatic rings. The zero-order chi connectivity index (χ0) is 18.1. The zero-order valence-electron chi connectivity index (χ0n) is 15.0. The molecule has 0 amide bonds. The van der Waals surface area contributed by atoms with Gasteiger partial charge in [-0.05, 0) is 46.1 Å². The van der Waals surface area contributed by atoms with E-state index in [0.29, 0.717) is 28.3 Å². The summed E-state index contributed by atoms with van der Waals surface area (Å²) in [6.45, 7) is 4.69. The topological polar surface area (TPSA) is 38.1 Å². The predicted octanol–water partition coefficient (Wildman–Crippen LogP) is 3.98. The summed E-state index contributed by atoms with van der Waals surface area (Å²) in [5.41, 5.74) is 2.72. The third-order valence-electron chi connectivity index (χ3n) is 4.55. The smallest absolute Gasteiger partial charge is 0.261 e. The second kappa shape index (κ2) is 6.98. The van der Waals surface area contributed by atoms with E-state index in [9.17, 15) is 4.79 Å². The monoisotopic (exact) mass is 355 g/mol. The molecule has 0 saturated carbocycles. The second-order valence-electron chi connectivity index (χ2n) is 6.69. The number of rotatable bonds is 4. The van der Waals surface area contributed by atoms with Crippen LogP contribution in [0.15, 0.2) is 47.3 Å². The number of hydrogen-bond acceptors (Lipinski definition) is 3. The molecule has 0 saturated heterocycles. The minimum Gasteiger partial charge on any atom is -0.305 e. The van der Waals surface area contributed by atoms with E-state index in [1.165, 1.54) is 5.56 Å². The number of aromatic nitrogens is 2. The Bertz CT molecular complexity index is 961. The summed E-state index contributed by atoms with van der Waals surface area (Å²) in [5.74, 6) is 0.688. The number of benzene rings is 2. The molecule has 0 bridgehead atoms. The quantitative estimate of drug-likeness (QED) is 0.710. The van der Waals surface area contributed by atoms with Crippen LogP contribution < -0.4 is 5.56 Å². The van der Waals surface area contributed by atoms with Crippen LogP contribution in [0.25, 0.3) is 22.3 Å². The van der Waals surface area contributed by atoms with Gasteiger partial charge in [-0.2, -0.15) is 0 Å². The standard InChI is InChI=1S/C20H22ClN3O/c1-13-5-7-15(8-6-13)19-22-18-10-9-16(21)11-17(18)20(25)24(19)12-14(2)23(3)4/h5-11,14H,12H2,1-4H3. The van der Waals surface area contributed by atoms with Gasteiger partial charge >= 0.3 is 0 Å². The van der Waals surface area contributed by atoms with Crippen LogP contribution in [0.3, 0.4) is 0 Å². The molecule has 0 fully saturated rings. The van der Waals surface area contributed by atoms with Crippen LogP contribution in [0.1, 0.15) is 12.5 Å². The first-order chi connectivity index (χ1) is 11.9. The Hall–Kier alpha value is -2.17. The number of nitrogens with zero attached hydrogens (tertiary/aromatic N) is 3. The summed E-state index contributed by atoms with van der Waals surface area (Å²) >= 11 is 6.09. The van der Waals surface area contributed by atoms with Gasteiger partial charge in [0.05, 0.1) is 10.9 Å². The number of aryl methyl sites for hydroxylation is 1. The van der Waals surface area contributed by atoms with Crippen molar-refractivity contribution < 1.29 is 0 Å². The van der Waals surface area contributed by atoms with Gasteiger partial charge in [-0.3, -0.25) is 9.36 Å². The Morgan fingerprint density at radius 1 is 1.16 bits per heavy atom. The molecule has 0 aliphatic carbocycles. The van der Waals surface area contributed by atoms with Gasteiger partial charge in [0.15, 0.2) is 0 Å². The van der Waals surface area contributed by atoms with Crippen molar-refractivity contribution in [3.05, 3.63) is 63.4 Å². The summed E-state index contributed by atoms with van der Waals surface area (Å²) in [6, 6.07) is 13.5. The van der Waals surface area contributed by atoms with Crippen LogP contribution in [0, 0.1) is 6.92 Å². The van der Waals surface area contributed by atoms with Crippen molar-refractivity contribution >= 4 is 22.5 Å². The molecule has 25 heavy (non-hydrogen) atoms. The molecule has 0 spiro atoms. The van der Waals surface area contributed by atoms with Crippen LogP contribution in [0.5, 0.6) is 0 Å². The highest BCUT2D eigenvalue weighted by molar-refractivity contribution is 6.31. The van der Waals surface area contributed by atoms with E-state index in [2.05, 4.69) is 11.8 Å². The molecular weight excluding hydrogens is 334 g/mol. The van der Waals surface area contributed by atoms with E-state index in [4.69, 9.17) is 16.6 Å². The van der Waals surface area contributed by atoms with Gasteiger partial charge in [-0.15, -0.1) is 0 Å². The molecule has 1 unspecified atom stereocenters. The van der Waals surface area contributed by atoms with Crippen molar-refractivity contribution in [3.63, 3.8) is 0 Å². The molecule has 3 rings (SSSR count). The molecule has 0 radical (unpaired) electrons. The Morgan fingerprint density at radius 2 is 1.84 bits per heavy atom. The fourth-order valence-electron chi connectivity index (χ4n) is 2.71. The Kier molecular flexibility index (Phi) is 4.93. The third kappa shape index (κ3) is 3.60. The molecule has 5 heteroatoms. The summed E-state index contributed by atoms with van der Waals surface area (Å²) in [6.07, 6.45) is 0. The van der Waals surface area contributed by atoms with Gasteiger partial charge < -0.3 is 4.90 Å². The number of halogens is 1. The van der Waals surface area contributed by atoms with E-state index in [-0.39, 0.29) is 11.6 Å². The summed E-state index contributed by atoms with van der Waals surface area (Å²) in [5, 5.41) is 1.09. The van der Waals surface area contributed by atoms with Crippen molar-refractivity contribution in [2.45, 2.75) is 26.4 Å². The van der Waals surface area contributed by atoms with Crippen LogP contribution in [0.2, 0.25) is 5.02 Å². The molecular formula is C20H22ClN3O. The van der Waals surface area contributed by atoms with Gasteiger partial charge in [-0.25, -0.2) is 4.98 Å². The molecule has 0 aliphatic rings. The van der Waals surface area contributed by atoms with Crippen LogP contribution >= 0.6 is 11.6 Å². The van der Waals surface area contributed by atoms with E-state index in [0.717, 1.165) is 5.56 Å². The van der Waals surface area contributed by atoms with Gasteiger partial charge in [-0.1, -0.05) is 41.4 Å². The predicted molar refractivity (Wildman–Crippen MR) is 104 cm³/mol. The van der Waals surface area contributed by atoms with Crippen molar-refractivity contribution in [2.75, 3.05) is 14.1 Å². The summed E-state index contributed by atoms with van der Waals surface area (Å²) in [4.78, 5) is 20.0. The lowest BCUT2D eigenvalue weighted by molar-refractivity contribution is 0.282. The van der Waals surface area contributed by atoms with Crippen molar-refractivity contribution in [3.8, 4) is 11.4 Å². The SMILES string of the molecule is Cc1ccc(-c2nc3ccc(Cl)cc3c(=O)n2CC(C)N(C)C)cc1. The maximum atomic E-state index is 13.1. The average molecular weight is 356 g/mol. The highest BCUT2D eigenvalue weighted by Gasteiger charge is 2.16. The lowest BCUT2D eigenvalue weighted by atomic mass is 10.1. The first-order valence-corrected chi connectivity index (χ1v) is 8.68. The largest absolute Gasteiger partial charge is 0.305 e. The van der Waals surface area contributed by atoms with E-state index < -0.39 is 0 Å². The third-order valence-corrected chi connectivity index (χ3v) is 4.79. The van der Waals surface area contributed by atoms with Crippen molar-refractivity contribution in [1.29, 1.82) is 0 Å². The normalized spacial score (nSPS) is 12.7. The average Bonchev–Trinajstić information content (AvgIpc) is 2.58. The van der Waals surface area contributed by atoms with E-state index in [1.54, 1.807) is 22.8 Å². The molecule has 4 nitrogen and oxygen atoms in total. The van der Waals surface area contributed by atoms with Gasteiger partial charge in [0.25, 0.3) is 5.56 Å². The molecule has 1 heterocycles. The fraction of sp³-hybridized carbons (Fsp3) is 0.300. The number of likely N-dealkylation sites (N-methyl/N-ethyl adjacent to an activating group) is 1. The molecule has 1 atom stereocenters. The van der Waals surface area contributed by atoms with Crippen LogP contribution in [-0.4, -0.2) is 34.6 Å². The fourth-order valence-corrected chi connectivity index (χ4v) is 2.89.